The fourth-order valence-corrected chi connectivity index (χ4v) is 5.72. The number of rotatable bonds is 7. The Kier molecular flexibility index (Phi) is 7.34. The van der Waals surface area contributed by atoms with Gasteiger partial charge in [-0.1, -0.05) is 11.6 Å². The molecule has 2 unspecified atom stereocenters. The van der Waals surface area contributed by atoms with Crippen molar-refractivity contribution in [2.75, 3.05) is 36.5 Å². The first-order valence-electron chi connectivity index (χ1n) is 11.9. The number of halogens is 3. The number of sulfone groups is 1. The third-order valence-electron chi connectivity index (χ3n) is 6.54. The summed E-state index contributed by atoms with van der Waals surface area (Å²) in [5.41, 5.74) is -0.141. The van der Waals surface area contributed by atoms with Crippen LogP contribution >= 0.6 is 11.6 Å². The highest BCUT2D eigenvalue weighted by Crippen LogP contribution is 2.34. The number of benzene rings is 1. The molecule has 2 bridgehead atoms. The molecular weight excluding hydrogens is 542 g/mol. The second-order valence-electron chi connectivity index (χ2n) is 9.45. The van der Waals surface area contributed by atoms with Crippen LogP contribution in [0.15, 0.2) is 41.8 Å². The second-order valence-corrected chi connectivity index (χ2v) is 12.4. The number of fused-ring (bicyclic) bond motifs is 2. The lowest BCUT2D eigenvalue weighted by molar-refractivity contribution is -0.0780. The molecule has 2 aromatic heterocycles. The molecule has 38 heavy (non-hydrogen) atoms. The van der Waals surface area contributed by atoms with Crippen molar-refractivity contribution >= 4 is 38.9 Å². The van der Waals surface area contributed by atoms with E-state index in [9.17, 15) is 12.8 Å². The Balaban J connectivity index is 1.33. The molecule has 202 valence electrons. The van der Waals surface area contributed by atoms with Crippen molar-refractivity contribution in [1.82, 2.24) is 19.9 Å². The zero-order valence-electron chi connectivity index (χ0n) is 20.5. The predicted octanol–water partition coefficient (Wildman–Crippen LogP) is 3.65. The van der Waals surface area contributed by atoms with Crippen molar-refractivity contribution < 1.29 is 26.7 Å². The number of anilines is 3. The van der Waals surface area contributed by atoms with E-state index in [0.717, 1.165) is 12.4 Å². The van der Waals surface area contributed by atoms with E-state index in [1.165, 1.54) is 38.4 Å². The average Bonchev–Trinajstić information content (AvgIpc) is 2.87. The SMILES string of the molecule is CC(C)S(=O)(=O)c1ccc(Nc2ncnc(OC3C4COCC3CN(c3ncc(Cl)cn3)C4)c2F)c(F)c1. The molecule has 1 N–H and O–H groups in total. The maximum atomic E-state index is 15.4. The summed E-state index contributed by atoms with van der Waals surface area (Å²) in [6, 6.07) is 3.38. The van der Waals surface area contributed by atoms with Crippen LogP contribution in [-0.2, 0) is 14.6 Å². The molecule has 0 aliphatic carbocycles. The topological polar surface area (TPSA) is 119 Å². The van der Waals surface area contributed by atoms with Crippen LogP contribution in [0, 0.1) is 23.5 Å². The molecule has 2 fully saturated rings. The van der Waals surface area contributed by atoms with Gasteiger partial charge in [0.2, 0.25) is 11.8 Å². The lowest BCUT2D eigenvalue weighted by Crippen LogP contribution is -2.58. The minimum Gasteiger partial charge on any atom is -0.471 e. The van der Waals surface area contributed by atoms with Crippen LogP contribution in [0.25, 0.3) is 0 Å². The van der Waals surface area contributed by atoms with E-state index >= 15 is 4.39 Å². The van der Waals surface area contributed by atoms with E-state index in [4.69, 9.17) is 21.1 Å². The number of hydrogen-bond acceptors (Lipinski definition) is 10. The highest BCUT2D eigenvalue weighted by Gasteiger charge is 2.43. The number of hydrogen-bond donors (Lipinski definition) is 1. The van der Waals surface area contributed by atoms with Gasteiger partial charge in [-0.05, 0) is 32.0 Å². The summed E-state index contributed by atoms with van der Waals surface area (Å²) in [4.78, 5) is 18.3. The molecule has 0 amide bonds. The molecule has 2 aliphatic rings. The Labute approximate surface area is 223 Å². The largest absolute Gasteiger partial charge is 0.471 e. The standard InChI is InChI=1S/C24H25ClF2N6O4S/c1-13(2)38(34,35)17-3-4-19(18(26)5-17)32-22-20(27)23(31-12-30-22)37-21-14-8-33(9-15(21)11-36-10-14)24-28-6-16(25)7-29-24/h3-7,12-15,21H,8-11H2,1-2H3,(H,30,31,32). The van der Waals surface area contributed by atoms with Crippen LogP contribution in [-0.4, -0.2) is 66.0 Å². The van der Waals surface area contributed by atoms with Gasteiger partial charge in [0.15, 0.2) is 15.7 Å². The number of nitrogens with zero attached hydrogens (tertiary/aromatic N) is 5. The van der Waals surface area contributed by atoms with Crippen molar-refractivity contribution in [2.24, 2.45) is 11.8 Å². The van der Waals surface area contributed by atoms with Crippen LogP contribution in [0.3, 0.4) is 0 Å². The van der Waals surface area contributed by atoms with Gasteiger partial charge >= 0.3 is 0 Å². The first kappa shape index (κ1) is 26.4. The smallest absolute Gasteiger partial charge is 0.256 e. The summed E-state index contributed by atoms with van der Waals surface area (Å²) < 4.78 is 66.5. The van der Waals surface area contributed by atoms with Crippen molar-refractivity contribution in [3.05, 3.63) is 53.6 Å². The van der Waals surface area contributed by atoms with E-state index in [0.29, 0.717) is 37.3 Å². The third-order valence-corrected chi connectivity index (χ3v) is 8.89. The van der Waals surface area contributed by atoms with E-state index < -0.39 is 26.7 Å². The van der Waals surface area contributed by atoms with Crippen LogP contribution in [0.2, 0.25) is 5.02 Å². The Morgan fingerprint density at radius 1 is 1.11 bits per heavy atom. The zero-order valence-corrected chi connectivity index (χ0v) is 22.1. The van der Waals surface area contributed by atoms with Gasteiger partial charge < -0.3 is 19.7 Å². The van der Waals surface area contributed by atoms with E-state index in [1.54, 1.807) is 0 Å². The normalized spacial score (nSPS) is 21.4. The number of piperidine rings is 1. The molecule has 3 aromatic rings. The summed E-state index contributed by atoms with van der Waals surface area (Å²) in [6.45, 7) is 4.87. The third kappa shape index (κ3) is 5.22. The van der Waals surface area contributed by atoms with E-state index in [-0.39, 0.29) is 40.2 Å². The number of nitrogens with one attached hydrogen (secondary N) is 1. The number of aromatic nitrogens is 4. The monoisotopic (exact) mass is 566 g/mol. The van der Waals surface area contributed by atoms with Crippen molar-refractivity contribution in [3.8, 4) is 5.88 Å². The maximum absolute atomic E-state index is 15.4. The molecule has 0 saturated carbocycles. The number of ether oxygens (including phenoxy) is 2. The minimum absolute atomic E-state index is 0.111. The van der Waals surface area contributed by atoms with Gasteiger partial charge in [-0.3, -0.25) is 0 Å². The molecule has 2 aliphatic heterocycles. The Morgan fingerprint density at radius 3 is 2.42 bits per heavy atom. The lowest BCUT2D eigenvalue weighted by Gasteiger charge is -2.46. The first-order chi connectivity index (χ1) is 18.1. The minimum atomic E-state index is -3.67. The molecule has 5 rings (SSSR count). The molecule has 4 heterocycles. The fourth-order valence-electron chi connectivity index (χ4n) is 4.55. The van der Waals surface area contributed by atoms with Crippen molar-refractivity contribution in [2.45, 2.75) is 30.1 Å². The summed E-state index contributed by atoms with van der Waals surface area (Å²) in [5.74, 6) is -2.02. The Hall–Kier alpha value is -3.16. The molecule has 10 nitrogen and oxygen atoms in total. The highest BCUT2D eigenvalue weighted by atomic mass is 35.5. The summed E-state index contributed by atoms with van der Waals surface area (Å²) in [7, 11) is -3.67. The molecule has 0 radical (unpaired) electrons. The maximum Gasteiger partial charge on any atom is 0.256 e. The van der Waals surface area contributed by atoms with Crippen LogP contribution < -0.4 is 15.0 Å². The van der Waals surface area contributed by atoms with Gasteiger partial charge in [0.05, 0.1) is 46.5 Å². The molecule has 0 spiro atoms. The van der Waals surface area contributed by atoms with E-state index in [1.807, 2.05) is 4.90 Å². The molecular formula is C24H25ClF2N6O4S. The van der Waals surface area contributed by atoms with Crippen LogP contribution in [0.5, 0.6) is 5.88 Å². The second kappa shape index (κ2) is 10.5. The lowest BCUT2D eigenvalue weighted by atomic mass is 9.84. The van der Waals surface area contributed by atoms with Gasteiger partial charge in [-0.25, -0.2) is 27.8 Å². The van der Waals surface area contributed by atoms with Crippen LogP contribution in [0.1, 0.15) is 13.8 Å². The molecule has 1 aromatic carbocycles. The highest BCUT2D eigenvalue weighted by molar-refractivity contribution is 7.92. The Bertz CT molecular complexity index is 1420. The van der Waals surface area contributed by atoms with Gasteiger partial charge in [0, 0.05) is 24.9 Å². The Morgan fingerprint density at radius 2 is 1.79 bits per heavy atom. The molecule has 2 atom stereocenters. The summed E-state index contributed by atoms with van der Waals surface area (Å²) >= 11 is 5.90. The van der Waals surface area contributed by atoms with Gasteiger partial charge in [-0.15, -0.1) is 0 Å². The summed E-state index contributed by atoms with van der Waals surface area (Å²) in [6.07, 6.45) is 3.78. The quantitative estimate of drug-likeness (QED) is 0.454. The molecule has 14 heteroatoms. The van der Waals surface area contributed by atoms with Crippen molar-refractivity contribution in [3.63, 3.8) is 0 Å². The van der Waals surface area contributed by atoms with Gasteiger partial charge in [-0.2, -0.15) is 9.37 Å². The fraction of sp³-hybridized carbons (Fsp3) is 0.417. The van der Waals surface area contributed by atoms with Gasteiger partial charge in [0.1, 0.15) is 18.2 Å². The molecule has 2 saturated heterocycles. The summed E-state index contributed by atoms with van der Waals surface area (Å²) in [5, 5.41) is 2.30. The zero-order chi connectivity index (χ0) is 27.0. The average molecular weight is 567 g/mol. The van der Waals surface area contributed by atoms with Gasteiger partial charge in [0.25, 0.3) is 5.88 Å². The van der Waals surface area contributed by atoms with Crippen LogP contribution in [0.4, 0.5) is 26.2 Å². The predicted molar refractivity (Wildman–Crippen MR) is 135 cm³/mol. The first-order valence-corrected chi connectivity index (χ1v) is 13.8. The van der Waals surface area contributed by atoms with Crippen molar-refractivity contribution in [1.29, 1.82) is 0 Å². The van der Waals surface area contributed by atoms with E-state index in [2.05, 4.69) is 25.3 Å².